The van der Waals surface area contributed by atoms with Crippen LogP contribution in [0.25, 0.3) is 0 Å². The van der Waals surface area contributed by atoms with Gasteiger partial charge < -0.3 is 14.6 Å². The molecule has 0 amide bonds. The van der Waals surface area contributed by atoms with E-state index in [1.54, 1.807) is 0 Å². The van der Waals surface area contributed by atoms with Gasteiger partial charge in [-0.25, -0.2) is 0 Å². The molecule has 1 atom stereocenters. The molecule has 0 aliphatic carbocycles. The Bertz CT molecular complexity index is 1210. The van der Waals surface area contributed by atoms with Gasteiger partial charge >= 0.3 is 11.9 Å². The molecule has 1 unspecified atom stereocenters. The van der Waals surface area contributed by atoms with E-state index in [4.69, 9.17) is 9.47 Å². The van der Waals surface area contributed by atoms with Gasteiger partial charge in [-0.05, 0) is 64.2 Å². The predicted molar refractivity (Wildman–Crippen MR) is 297 cm³/mol. The normalized spacial score (nSPS) is 12.7. The first-order valence-electron chi connectivity index (χ1n) is 29.5. The van der Waals surface area contributed by atoms with Gasteiger partial charge in [0.25, 0.3) is 0 Å². The highest BCUT2D eigenvalue weighted by Crippen LogP contribution is 2.17. The lowest BCUT2D eigenvalue weighted by atomic mass is 10.0. The fourth-order valence-corrected chi connectivity index (χ4v) is 8.62. The third-order valence-corrected chi connectivity index (χ3v) is 13.0. The molecule has 394 valence electrons. The number of aliphatic hydroxyl groups excluding tert-OH is 1. The molecule has 0 aliphatic heterocycles. The van der Waals surface area contributed by atoms with E-state index in [-0.39, 0.29) is 25.2 Å². The van der Waals surface area contributed by atoms with Gasteiger partial charge in [0, 0.05) is 12.8 Å². The Hall–Kier alpha value is -2.66. The zero-order chi connectivity index (χ0) is 49.2. The van der Waals surface area contributed by atoms with Gasteiger partial charge in [-0.1, -0.05) is 292 Å². The van der Waals surface area contributed by atoms with Crippen LogP contribution in [0.1, 0.15) is 296 Å². The first-order chi connectivity index (χ1) is 33.6. The fraction of sp³-hybridized carbons (Fsp3) is 0.778. The lowest BCUT2D eigenvalue weighted by Gasteiger charge is -2.15. The zero-order valence-electron chi connectivity index (χ0n) is 45.1. The molecular weight excluding hydrogens is 837 g/mol. The molecule has 0 saturated carbocycles. The minimum Gasteiger partial charge on any atom is -0.462 e. The third-order valence-electron chi connectivity index (χ3n) is 13.0. The molecule has 0 heterocycles. The highest BCUT2D eigenvalue weighted by atomic mass is 16.6. The number of rotatable bonds is 54. The molecule has 0 rings (SSSR count). The number of allylic oxidation sites excluding steroid dienone is 12. The number of hydrogen-bond acceptors (Lipinski definition) is 5. The molecule has 0 spiro atoms. The highest BCUT2D eigenvalue weighted by molar-refractivity contribution is 5.70. The van der Waals surface area contributed by atoms with Crippen LogP contribution in [0.15, 0.2) is 72.9 Å². The summed E-state index contributed by atoms with van der Waals surface area (Å²) in [7, 11) is 0. The first-order valence-corrected chi connectivity index (χ1v) is 29.5. The maximum Gasteiger partial charge on any atom is 0.306 e. The quantitative estimate of drug-likeness (QED) is 0.0374. The predicted octanol–water partition coefficient (Wildman–Crippen LogP) is 20.0. The molecular formula is C63H112O5. The lowest BCUT2D eigenvalue weighted by molar-refractivity contribution is -0.161. The van der Waals surface area contributed by atoms with Crippen molar-refractivity contribution >= 4 is 11.9 Å². The van der Waals surface area contributed by atoms with E-state index in [1.807, 2.05) is 0 Å². The summed E-state index contributed by atoms with van der Waals surface area (Å²) in [6.45, 7) is 4.05. The van der Waals surface area contributed by atoms with Crippen LogP contribution in [-0.4, -0.2) is 36.4 Å². The van der Waals surface area contributed by atoms with Crippen LogP contribution in [0.4, 0.5) is 0 Å². The molecule has 0 radical (unpaired) electrons. The van der Waals surface area contributed by atoms with E-state index in [9.17, 15) is 14.7 Å². The SMILES string of the molecule is CC/C=C\C/C=C\C/C=C\C/C=C\C/C=C\C/C=C\CCCCCCCCC(=O)OC(CO)COC(=O)CCCCCCCCCCCCCCCCCCCCCCCCCCCCCCC. The molecule has 1 N–H and O–H groups in total. The zero-order valence-corrected chi connectivity index (χ0v) is 45.1. The second-order valence-electron chi connectivity index (χ2n) is 19.7. The minimum atomic E-state index is -0.783. The Morgan fingerprint density at radius 1 is 0.353 bits per heavy atom. The van der Waals surface area contributed by atoms with E-state index in [1.165, 1.54) is 186 Å². The van der Waals surface area contributed by atoms with Gasteiger partial charge in [0.15, 0.2) is 6.10 Å². The molecule has 0 bridgehead atoms. The lowest BCUT2D eigenvalue weighted by Crippen LogP contribution is -2.28. The summed E-state index contributed by atoms with van der Waals surface area (Å²) in [6.07, 6.45) is 80.3. The Morgan fingerprint density at radius 2 is 0.632 bits per heavy atom. The molecule has 0 aromatic heterocycles. The summed E-state index contributed by atoms with van der Waals surface area (Å²) in [4.78, 5) is 24.5. The number of carbonyl (C=O) groups excluding carboxylic acids is 2. The molecule has 0 fully saturated rings. The molecule has 0 aliphatic rings. The van der Waals surface area contributed by atoms with Crippen molar-refractivity contribution in [3.63, 3.8) is 0 Å². The van der Waals surface area contributed by atoms with Crippen LogP contribution in [0.2, 0.25) is 0 Å². The number of aliphatic hydroxyl groups is 1. The van der Waals surface area contributed by atoms with Gasteiger partial charge in [0.2, 0.25) is 0 Å². The highest BCUT2D eigenvalue weighted by Gasteiger charge is 2.16. The van der Waals surface area contributed by atoms with Gasteiger partial charge in [-0.15, -0.1) is 0 Å². The topological polar surface area (TPSA) is 72.8 Å². The molecule has 0 aromatic rings. The van der Waals surface area contributed by atoms with Gasteiger partial charge in [-0.3, -0.25) is 9.59 Å². The maximum atomic E-state index is 12.3. The van der Waals surface area contributed by atoms with Crippen molar-refractivity contribution in [3.05, 3.63) is 72.9 Å². The van der Waals surface area contributed by atoms with Crippen LogP contribution < -0.4 is 0 Å². The van der Waals surface area contributed by atoms with E-state index in [0.29, 0.717) is 12.8 Å². The minimum absolute atomic E-state index is 0.0720. The van der Waals surface area contributed by atoms with Crippen molar-refractivity contribution in [1.82, 2.24) is 0 Å². The third kappa shape index (κ3) is 55.9. The van der Waals surface area contributed by atoms with Crippen molar-refractivity contribution in [2.24, 2.45) is 0 Å². The summed E-state index contributed by atoms with van der Waals surface area (Å²) < 4.78 is 10.7. The molecule has 5 heteroatoms. The summed E-state index contributed by atoms with van der Waals surface area (Å²) in [5.41, 5.74) is 0. The Labute approximate surface area is 423 Å². The maximum absolute atomic E-state index is 12.3. The smallest absolute Gasteiger partial charge is 0.306 e. The van der Waals surface area contributed by atoms with Crippen molar-refractivity contribution in [2.75, 3.05) is 13.2 Å². The summed E-state index contributed by atoms with van der Waals surface area (Å²) in [5, 5.41) is 9.66. The van der Waals surface area contributed by atoms with Crippen molar-refractivity contribution in [1.29, 1.82) is 0 Å². The second kappa shape index (κ2) is 58.7. The monoisotopic (exact) mass is 949 g/mol. The fourth-order valence-electron chi connectivity index (χ4n) is 8.62. The number of esters is 2. The Kier molecular flexibility index (Phi) is 56.4. The summed E-state index contributed by atoms with van der Waals surface area (Å²) in [6, 6.07) is 0. The van der Waals surface area contributed by atoms with Crippen molar-refractivity contribution < 1.29 is 24.2 Å². The van der Waals surface area contributed by atoms with Crippen LogP contribution in [0.3, 0.4) is 0 Å². The summed E-state index contributed by atoms with van der Waals surface area (Å²) in [5.74, 6) is -0.598. The number of carbonyl (C=O) groups is 2. The van der Waals surface area contributed by atoms with Gasteiger partial charge in [-0.2, -0.15) is 0 Å². The average Bonchev–Trinajstić information content (AvgIpc) is 3.34. The van der Waals surface area contributed by atoms with E-state index >= 15 is 0 Å². The molecule has 5 nitrogen and oxygen atoms in total. The number of unbranched alkanes of at least 4 members (excludes halogenated alkanes) is 34. The van der Waals surface area contributed by atoms with Crippen molar-refractivity contribution in [3.8, 4) is 0 Å². The van der Waals surface area contributed by atoms with Crippen LogP contribution in [0.5, 0.6) is 0 Å². The Balaban J connectivity index is 3.48. The van der Waals surface area contributed by atoms with E-state index in [2.05, 4.69) is 86.8 Å². The molecule has 0 aromatic carbocycles. The van der Waals surface area contributed by atoms with Gasteiger partial charge in [0.1, 0.15) is 6.61 Å². The van der Waals surface area contributed by atoms with Gasteiger partial charge in [0.05, 0.1) is 6.61 Å². The first kappa shape index (κ1) is 65.3. The van der Waals surface area contributed by atoms with Crippen LogP contribution >= 0.6 is 0 Å². The Morgan fingerprint density at radius 3 is 0.956 bits per heavy atom. The largest absolute Gasteiger partial charge is 0.462 e. The van der Waals surface area contributed by atoms with Crippen molar-refractivity contribution in [2.45, 2.75) is 302 Å². The van der Waals surface area contributed by atoms with Crippen LogP contribution in [0, 0.1) is 0 Å². The molecule has 0 saturated heterocycles. The summed E-state index contributed by atoms with van der Waals surface area (Å²) >= 11 is 0. The standard InChI is InChI=1S/C63H112O5/c1-3-5-7-9-11-13-15-17-19-21-23-25-27-29-30-31-32-34-35-37-39-41-43-45-47-49-51-53-55-57-62(65)67-60-61(59-64)68-63(66)58-56-54-52-50-48-46-44-42-40-38-36-33-28-26-24-22-20-18-16-14-12-10-8-6-4-2/h6,8,12,14,18,20,24,26,33,36,40,42,61,64H,3-5,7,9-11,13,15-17,19,21-23,25,27-32,34-35,37-39,41,43-60H2,1-2H3/b8-6-,14-12-,20-18-,26-24-,36-33-,42-40-. The number of hydrogen-bond donors (Lipinski definition) is 1. The molecule has 68 heavy (non-hydrogen) atoms. The van der Waals surface area contributed by atoms with Crippen LogP contribution in [-0.2, 0) is 19.1 Å². The van der Waals surface area contributed by atoms with E-state index in [0.717, 1.165) is 83.5 Å². The number of ether oxygens (including phenoxy) is 2. The average molecular weight is 950 g/mol. The van der Waals surface area contributed by atoms with E-state index < -0.39 is 6.10 Å². The second-order valence-corrected chi connectivity index (χ2v) is 19.7.